The number of pyridine rings is 1. The number of aliphatic imine (C=N–C) groups is 2. The molecule has 0 aromatic carbocycles. The fraction of sp³-hybridized carbons (Fsp3) is 0.680. The molecular formula is C25H43N7O. The zero-order valence-electron chi connectivity index (χ0n) is 20.8. The predicted molar refractivity (Wildman–Crippen MR) is 137 cm³/mol. The van der Waals surface area contributed by atoms with E-state index in [1.165, 1.54) is 11.3 Å². The molecule has 0 saturated heterocycles. The molecular weight excluding hydrogens is 414 g/mol. The highest BCUT2D eigenvalue weighted by Gasteiger charge is 2.26. The van der Waals surface area contributed by atoms with Crippen molar-refractivity contribution in [2.45, 2.75) is 59.4 Å². The van der Waals surface area contributed by atoms with Gasteiger partial charge in [0.2, 0.25) is 5.91 Å². The van der Waals surface area contributed by atoms with Crippen LogP contribution in [0, 0.1) is 24.7 Å². The summed E-state index contributed by atoms with van der Waals surface area (Å²) in [5, 5.41) is 6.30. The van der Waals surface area contributed by atoms with Gasteiger partial charge < -0.3 is 22.1 Å². The van der Waals surface area contributed by atoms with Gasteiger partial charge in [-0.25, -0.2) is 0 Å². The van der Waals surface area contributed by atoms with Gasteiger partial charge in [-0.2, -0.15) is 0 Å². The minimum Gasteiger partial charge on any atom is -0.387 e. The first-order valence-electron chi connectivity index (χ1n) is 12.3. The summed E-state index contributed by atoms with van der Waals surface area (Å²) < 4.78 is 0. The molecule has 1 aliphatic rings. The molecule has 6 N–H and O–H groups in total. The fourth-order valence-electron chi connectivity index (χ4n) is 4.06. The first-order chi connectivity index (χ1) is 15.8. The minimum absolute atomic E-state index is 0.00557. The largest absolute Gasteiger partial charge is 0.387 e. The SMILES string of the molecule is CCN=C(N)CCNCCNC(=O)C(C=NCC1CCc2nc(C)ccc2C1)C(C)C(C)N. The number of amidine groups is 1. The van der Waals surface area contributed by atoms with Gasteiger partial charge in [-0.1, -0.05) is 13.0 Å². The number of nitrogens with two attached hydrogens (primary N) is 2. The van der Waals surface area contributed by atoms with Gasteiger partial charge in [0, 0.05) is 62.8 Å². The van der Waals surface area contributed by atoms with Crippen molar-refractivity contribution in [3.63, 3.8) is 0 Å². The number of aromatic nitrogens is 1. The van der Waals surface area contributed by atoms with Gasteiger partial charge in [0.05, 0.1) is 11.8 Å². The summed E-state index contributed by atoms with van der Waals surface area (Å²) in [4.78, 5) is 26.4. The molecule has 1 aromatic rings. The van der Waals surface area contributed by atoms with Gasteiger partial charge in [-0.15, -0.1) is 0 Å². The summed E-state index contributed by atoms with van der Waals surface area (Å²) in [5.74, 6) is 0.791. The minimum atomic E-state index is -0.336. The number of carbonyl (C=O) groups excluding carboxylic acids is 1. The Kier molecular flexibility index (Phi) is 11.5. The third-order valence-electron chi connectivity index (χ3n) is 6.35. The molecule has 33 heavy (non-hydrogen) atoms. The molecule has 4 unspecified atom stereocenters. The topological polar surface area (TPSA) is 131 Å². The Balaban J connectivity index is 1.82. The van der Waals surface area contributed by atoms with Crippen molar-refractivity contribution in [3.8, 4) is 0 Å². The van der Waals surface area contributed by atoms with Gasteiger partial charge in [0.25, 0.3) is 0 Å². The van der Waals surface area contributed by atoms with Gasteiger partial charge >= 0.3 is 0 Å². The van der Waals surface area contributed by atoms with E-state index in [-0.39, 0.29) is 23.8 Å². The van der Waals surface area contributed by atoms with Crippen molar-refractivity contribution >= 4 is 18.0 Å². The van der Waals surface area contributed by atoms with E-state index >= 15 is 0 Å². The number of nitrogens with zero attached hydrogens (tertiary/aromatic N) is 3. The van der Waals surface area contributed by atoms with E-state index in [0.717, 1.165) is 38.0 Å². The summed E-state index contributed by atoms with van der Waals surface area (Å²) in [6.07, 6.45) is 5.61. The first kappa shape index (κ1) is 26.9. The summed E-state index contributed by atoms with van der Waals surface area (Å²) >= 11 is 0. The number of amides is 1. The van der Waals surface area contributed by atoms with E-state index in [2.05, 4.69) is 32.7 Å². The standard InChI is InChI=1S/C25H43N7O/c1-5-30-24(27)10-11-28-12-13-31-25(33)22(18(3)19(4)26)16-29-15-20-7-9-23-21(14-20)8-6-17(2)32-23/h6,8,16,18-20,22,28H,5,7,9-15,26H2,1-4H3,(H2,27,30)(H,31,33). The molecule has 184 valence electrons. The van der Waals surface area contributed by atoms with Crippen LogP contribution in [0.4, 0.5) is 0 Å². The Morgan fingerprint density at radius 2 is 2.09 bits per heavy atom. The van der Waals surface area contributed by atoms with Crippen molar-refractivity contribution in [2.24, 2.45) is 39.2 Å². The van der Waals surface area contributed by atoms with Crippen molar-refractivity contribution < 1.29 is 4.79 Å². The molecule has 1 heterocycles. The molecule has 0 fully saturated rings. The fourth-order valence-corrected chi connectivity index (χ4v) is 4.06. The Bertz CT molecular complexity index is 806. The summed E-state index contributed by atoms with van der Waals surface area (Å²) in [7, 11) is 0. The summed E-state index contributed by atoms with van der Waals surface area (Å²) in [5.41, 5.74) is 15.5. The molecule has 4 atom stereocenters. The van der Waals surface area contributed by atoms with Crippen LogP contribution in [0.25, 0.3) is 0 Å². The molecule has 1 amide bonds. The zero-order chi connectivity index (χ0) is 24.2. The average molecular weight is 458 g/mol. The van der Waals surface area contributed by atoms with Crippen LogP contribution >= 0.6 is 0 Å². The number of fused-ring (bicyclic) bond motifs is 1. The van der Waals surface area contributed by atoms with Crippen LogP contribution in [0.3, 0.4) is 0 Å². The number of aryl methyl sites for hydroxylation is 2. The molecule has 0 saturated carbocycles. The number of carbonyl (C=O) groups is 1. The van der Waals surface area contributed by atoms with Crippen LogP contribution < -0.4 is 22.1 Å². The van der Waals surface area contributed by atoms with Crippen molar-refractivity contribution in [2.75, 3.05) is 32.7 Å². The lowest BCUT2D eigenvalue weighted by Gasteiger charge is -2.24. The molecule has 8 heteroatoms. The van der Waals surface area contributed by atoms with E-state index in [1.807, 2.05) is 33.9 Å². The molecule has 1 aliphatic carbocycles. The first-order valence-corrected chi connectivity index (χ1v) is 12.3. The number of nitrogens with one attached hydrogen (secondary N) is 2. The van der Waals surface area contributed by atoms with Crippen molar-refractivity contribution in [1.29, 1.82) is 0 Å². The highest BCUT2D eigenvalue weighted by atomic mass is 16.1. The second-order valence-electron chi connectivity index (χ2n) is 9.18. The second-order valence-corrected chi connectivity index (χ2v) is 9.18. The van der Waals surface area contributed by atoms with Crippen LogP contribution in [0.1, 0.15) is 50.6 Å². The van der Waals surface area contributed by atoms with Crippen molar-refractivity contribution in [3.05, 3.63) is 29.1 Å². The van der Waals surface area contributed by atoms with Crippen LogP contribution in [-0.4, -0.2) is 61.7 Å². The second kappa shape index (κ2) is 14.1. The molecule has 0 spiro atoms. The van der Waals surface area contributed by atoms with Gasteiger partial charge in [0.1, 0.15) is 0 Å². The smallest absolute Gasteiger partial charge is 0.228 e. The Morgan fingerprint density at radius 3 is 2.82 bits per heavy atom. The maximum Gasteiger partial charge on any atom is 0.228 e. The van der Waals surface area contributed by atoms with E-state index in [1.54, 1.807) is 0 Å². The van der Waals surface area contributed by atoms with E-state index in [0.29, 0.717) is 37.8 Å². The molecule has 1 aromatic heterocycles. The third kappa shape index (κ3) is 9.21. The Hall–Kier alpha value is -2.32. The van der Waals surface area contributed by atoms with Gasteiger partial charge in [0.15, 0.2) is 0 Å². The third-order valence-corrected chi connectivity index (χ3v) is 6.35. The highest BCUT2D eigenvalue weighted by Crippen LogP contribution is 2.25. The maximum atomic E-state index is 12.9. The van der Waals surface area contributed by atoms with Crippen LogP contribution in [0.15, 0.2) is 22.1 Å². The Labute approximate surface area is 199 Å². The quantitative estimate of drug-likeness (QED) is 0.203. The lowest BCUT2D eigenvalue weighted by molar-refractivity contribution is -0.124. The van der Waals surface area contributed by atoms with E-state index < -0.39 is 0 Å². The molecule has 8 nitrogen and oxygen atoms in total. The molecule has 2 rings (SSSR count). The monoisotopic (exact) mass is 457 g/mol. The van der Waals surface area contributed by atoms with Gasteiger partial charge in [-0.05, 0) is 63.5 Å². The maximum absolute atomic E-state index is 12.9. The number of rotatable bonds is 13. The Morgan fingerprint density at radius 1 is 1.30 bits per heavy atom. The molecule has 0 radical (unpaired) electrons. The summed E-state index contributed by atoms with van der Waals surface area (Å²) in [6, 6.07) is 4.18. The highest BCUT2D eigenvalue weighted by molar-refractivity contribution is 5.93. The lowest BCUT2D eigenvalue weighted by Crippen LogP contribution is -2.43. The number of hydrogen-bond acceptors (Lipinski definition) is 6. The van der Waals surface area contributed by atoms with E-state index in [9.17, 15) is 4.79 Å². The van der Waals surface area contributed by atoms with Crippen LogP contribution in [0.5, 0.6) is 0 Å². The predicted octanol–water partition coefficient (Wildman–Crippen LogP) is 1.64. The zero-order valence-corrected chi connectivity index (χ0v) is 20.8. The normalized spacial score (nSPS) is 19.2. The van der Waals surface area contributed by atoms with Crippen LogP contribution in [-0.2, 0) is 17.6 Å². The lowest BCUT2D eigenvalue weighted by atomic mass is 9.86. The van der Waals surface area contributed by atoms with Crippen molar-refractivity contribution in [1.82, 2.24) is 15.6 Å². The van der Waals surface area contributed by atoms with E-state index in [4.69, 9.17) is 16.5 Å². The number of hydrogen-bond donors (Lipinski definition) is 4. The van der Waals surface area contributed by atoms with Gasteiger partial charge in [-0.3, -0.25) is 19.8 Å². The molecule has 0 bridgehead atoms. The molecule has 0 aliphatic heterocycles. The van der Waals surface area contributed by atoms with Crippen LogP contribution in [0.2, 0.25) is 0 Å². The average Bonchev–Trinajstić information content (AvgIpc) is 2.78. The summed E-state index contributed by atoms with van der Waals surface area (Å²) in [6.45, 7) is 11.4.